The number of benzene rings is 1. The number of carbonyl (C=O) groups excluding carboxylic acids is 1. The van der Waals surface area contributed by atoms with Crippen molar-refractivity contribution >= 4 is 5.97 Å². The minimum Gasteiger partial charge on any atom is -0.466 e. The lowest BCUT2D eigenvalue weighted by molar-refractivity contribution is -0.143. The highest BCUT2D eigenvalue weighted by molar-refractivity contribution is 5.69. The van der Waals surface area contributed by atoms with Crippen molar-refractivity contribution in [1.82, 2.24) is 0 Å². The molecule has 0 saturated heterocycles. The number of carbonyl (C=O) groups is 1. The van der Waals surface area contributed by atoms with E-state index < -0.39 is 0 Å². The highest BCUT2D eigenvalue weighted by Crippen LogP contribution is 2.16. The third kappa shape index (κ3) is 3.37. The van der Waals surface area contributed by atoms with Crippen molar-refractivity contribution in [1.29, 1.82) is 0 Å². The molecule has 1 aromatic carbocycles. The van der Waals surface area contributed by atoms with E-state index in [9.17, 15) is 4.79 Å². The lowest BCUT2D eigenvalue weighted by Gasteiger charge is -2.09. The van der Waals surface area contributed by atoms with Gasteiger partial charge in [0.15, 0.2) is 0 Å². The van der Waals surface area contributed by atoms with E-state index >= 15 is 0 Å². The van der Waals surface area contributed by atoms with Crippen LogP contribution in [0.25, 0.3) is 0 Å². The molecule has 0 aromatic heterocycles. The van der Waals surface area contributed by atoms with Crippen molar-refractivity contribution in [3.8, 4) is 0 Å². The second kappa shape index (κ2) is 5.69. The SMILES string of the molecule is CCOC(=O)CCc1cc(C)c(C)cc1C. The molecule has 1 rings (SSSR count). The summed E-state index contributed by atoms with van der Waals surface area (Å²) in [6.07, 6.45) is 1.24. The van der Waals surface area contributed by atoms with Crippen LogP contribution in [0.3, 0.4) is 0 Å². The van der Waals surface area contributed by atoms with E-state index in [1.807, 2.05) is 6.92 Å². The van der Waals surface area contributed by atoms with E-state index in [0.717, 1.165) is 6.42 Å². The van der Waals surface area contributed by atoms with Crippen molar-refractivity contribution in [3.63, 3.8) is 0 Å². The summed E-state index contributed by atoms with van der Waals surface area (Å²) in [5, 5.41) is 0. The standard InChI is InChI=1S/C14H20O2/c1-5-16-14(15)7-6-13-9-11(3)10(2)8-12(13)4/h8-9H,5-7H2,1-4H3. The Morgan fingerprint density at radius 3 is 2.38 bits per heavy atom. The van der Waals surface area contributed by atoms with Gasteiger partial charge in [-0.1, -0.05) is 12.1 Å². The van der Waals surface area contributed by atoms with Gasteiger partial charge >= 0.3 is 5.97 Å². The second-order valence-corrected chi connectivity index (χ2v) is 4.17. The maximum atomic E-state index is 11.3. The van der Waals surface area contributed by atoms with Crippen LogP contribution in [-0.4, -0.2) is 12.6 Å². The van der Waals surface area contributed by atoms with E-state index in [2.05, 4.69) is 32.9 Å². The smallest absolute Gasteiger partial charge is 0.306 e. The van der Waals surface area contributed by atoms with Gasteiger partial charge in [0, 0.05) is 6.42 Å². The maximum Gasteiger partial charge on any atom is 0.306 e. The molecule has 0 spiro atoms. The lowest BCUT2D eigenvalue weighted by atomic mass is 9.98. The van der Waals surface area contributed by atoms with E-state index in [-0.39, 0.29) is 5.97 Å². The molecule has 0 radical (unpaired) electrons. The van der Waals surface area contributed by atoms with E-state index in [1.165, 1.54) is 22.3 Å². The molecule has 0 atom stereocenters. The Hall–Kier alpha value is -1.31. The highest BCUT2D eigenvalue weighted by atomic mass is 16.5. The first kappa shape index (κ1) is 12.8. The summed E-state index contributed by atoms with van der Waals surface area (Å²) in [5.74, 6) is -0.111. The zero-order valence-corrected chi connectivity index (χ0v) is 10.6. The molecule has 0 fully saturated rings. The molecule has 0 aliphatic rings. The Balaban J connectivity index is 2.67. The summed E-state index contributed by atoms with van der Waals surface area (Å²) in [6, 6.07) is 4.35. The topological polar surface area (TPSA) is 26.3 Å². The Bertz CT molecular complexity index is 381. The summed E-state index contributed by atoms with van der Waals surface area (Å²) >= 11 is 0. The van der Waals surface area contributed by atoms with Crippen LogP contribution in [0.2, 0.25) is 0 Å². The summed E-state index contributed by atoms with van der Waals surface area (Å²) in [6.45, 7) is 8.59. The van der Waals surface area contributed by atoms with Crippen LogP contribution < -0.4 is 0 Å². The number of hydrogen-bond acceptors (Lipinski definition) is 2. The molecule has 0 aliphatic carbocycles. The molecule has 0 heterocycles. The highest BCUT2D eigenvalue weighted by Gasteiger charge is 2.06. The molecular weight excluding hydrogens is 200 g/mol. The van der Waals surface area contributed by atoms with Gasteiger partial charge in [-0.3, -0.25) is 4.79 Å². The molecule has 0 aliphatic heterocycles. The first-order valence-corrected chi connectivity index (χ1v) is 5.77. The Morgan fingerprint density at radius 1 is 1.12 bits per heavy atom. The Morgan fingerprint density at radius 2 is 1.75 bits per heavy atom. The number of rotatable bonds is 4. The zero-order chi connectivity index (χ0) is 12.1. The van der Waals surface area contributed by atoms with Crippen molar-refractivity contribution in [3.05, 3.63) is 34.4 Å². The molecule has 2 nitrogen and oxygen atoms in total. The molecule has 88 valence electrons. The quantitative estimate of drug-likeness (QED) is 0.729. The first-order valence-electron chi connectivity index (χ1n) is 5.77. The van der Waals surface area contributed by atoms with Crippen LogP contribution in [-0.2, 0) is 16.0 Å². The third-order valence-corrected chi connectivity index (χ3v) is 2.86. The predicted molar refractivity (Wildman–Crippen MR) is 65.6 cm³/mol. The van der Waals surface area contributed by atoms with Crippen LogP contribution in [0.4, 0.5) is 0 Å². The Labute approximate surface area is 97.6 Å². The molecule has 1 aromatic rings. The van der Waals surface area contributed by atoms with Crippen molar-refractivity contribution in [2.45, 2.75) is 40.5 Å². The number of esters is 1. The van der Waals surface area contributed by atoms with E-state index in [4.69, 9.17) is 4.74 Å². The average Bonchev–Trinajstić information content (AvgIpc) is 2.22. The normalized spacial score (nSPS) is 10.2. The fraction of sp³-hybridized carbons (Fsp3) is 0.500. The van der Waals surface area contributed by atoms with Crippen LogP contribution >= 0.6 is 0 Å². The number of aryl methyl sites for hydroxylation is 4. The third-order valence-electron chi connectivity index (χ3n) is 2.86. The van der Waals surface area contributed by atoms with Crippen LogP contribution in [0.5, 0.6) is 0 Å². The molecule has 16 heavy (non-hydrogen) atoms. The summed E-state index contributed by atoms with van der Waals surface area (Å²) in [5.41, 5.74) is 5.09. The van der Waals surface area contributed by atoms with Gasteiger partial charge in [-0.25, -0.2) is 0 Å². The van der Waals surface area contributed by atoms with Gasteiger partial charge in [0.2, 0.25) is 0 Å². The Kier molecular flexibility index (Phi) is 4.53. The molecule has 0 bridgehead atoms. The number of ether oxygens (including phenoxy) is 1. The van der Waals surface area contributed by atoms with E-state index in [1.54, 1.807) is 0 Å². The van der Waals surface area contributed by atoms with Crippen molar-refractivity contribution in [2.75, 3.05) is 6.61 Å². The van der Waals surface area contributed by atoms with Gasteiger partial charge in [0.05, 0.1) is 6.61 Å². The predicted octanol–water partition coefficient (Wildman–Crippen LogP) is 3.11. The first-order chi connectivity index (χ1) is 7.54. The minimum absolute atomic E-state index is 0.111. The fourth-order valence-corrected chi connectivity index (χ4v) is 1.76. The molecule has 0 unspecified atom stereocenters. The monoisotopic (exact) mass is 220 g/mol. The van der Waals surface area contributed by atoms with Crippen molar-refractivity contribution < 1.29 is 9.53 Å². The largest absolute Gasteiger partial charge is 0.466 e. The zero-order valence-electron chi connectivity index (χ0n) is 10.6. The maximum absolute atomic E-state index is 11.3. The van der Waals surface area contributed by atoms with Gasteiger partial charge in [0.1, 0.15) is 0 Å². The molecular formula is C14H20O2. The van der Waals surface area contributed by atoms with Crippen LogP contribution in [0, 0.1) is 20.8 Å². The van der Waals surface area contributed by atoms with Gasteiger partial charge in [-0.2, -0.15) is 0 Å². The average molecular weight is 220 g/mol. The van der Waals surface area contributed by atoms with Gasteiger partial charge in [-0.05, 0) is 56.4 Å². The van der Waals surface area contributed by atoms with Gasteiger partial charge in [0.25, 0.3) is 0 Å². The van der Waals surface area contributed by atoms with Crippen molar-refractivity contribution in [2.24, 2.45) is 0 Å². The fourth-order valence-electron chi connectivity index (χ4n) is 1.76. The van der Waals surface area contributed by atoms with Gasteiger partial charge in [-0.15, -0.1) is 0 Å². The van der Waals surface area contributed by atoms with Crippen LogP contribution in [0.15, 0.2) is 12.1 Å². The minimum atomic E-state index is -0.111. The van der Waals surface area contributed by atoms with E-state index in [0.29, 0.717) is 13.0 Å². The number of hydrogen-bond donors (Lipinski definition) is 0. The van der Waals surface area contributed by atoms with Crippen LogP contribution in [0.1, 0.15) is 35.6 Å². The van der Waals surface area contributed by atoms with Gasteiger partial charge < -0.3 is 4.74 Å². The second-order valence-electron chi connectivity index (χ2n) is 4.17. The molecule has 0 N–H and O–H groups in total. The molecule has 2 heteroatoms. The summed E-state index contributed by atoms with van der Waals surface area (Å²) in [4.78, 5) is 11.3. The summed E-state index contributed by atoms with van der Waals surface area (Å²) in [7, 11) is 0. The molecule has 0 saturated carbocycles. The summed E-state index contributed by atoms with van der Waals surface area (Å²) < 4.78 is 4.92. The lowest BCUT2D eigenvalue weighted by Crippen LogP contribution is -2.06. The molecule has 0 amide bonds.